The minimum absolute atomic E-state index is 0.0911. The van der Waals surface area contributed by atoms with Crippen LogP contribution >= 0.6 is 11.3 Å². The number of pyridine rings is 1. The highest BCUT2D eigenvalue weighted by atomic mass is 32.1. The average molecular weight is 427 g/mol. The van der Waals surface area contributed by atoms with Crippen molar-refractivity contribution in [3.63, 3.8) is 0 Å². The van der Waals surface area contributed by atoms with Crippen molar-refractivity contribution in [2.45, 2.75) is 45.2 Å². The predicted octanol–water partition coefficient (Wildman–Crippen LogP) is 3.08. The van der Waals surface area contributed by atoms with Gasteiger partial charge in [0, 0.05) is 31.2 Å². The highest BCUT2D eigenvalue weighted by molar-refractivity contribution is 7.12. The molecule has 0 unspecified atom stereocenters. The Morgan fingerprint density at radius 1 is 1.10 bits per heavy atom. The molecule has 0 aliphatic carbocycles. The minimum atomic E-state index is 0.0911. The van der Waals surface area contributed by atoms with Crippen LogP contribution in [0.4, 0.5) is 0 Å². The van der Waals surface area contributed by atoms with Crippen LogP contribution in [0, 0.1) is 12.8 Å². The molecule has 0 saturated carbocycles. The van der Waals surface area contributed by atoms with Gasteiger partial charge in [0.05, 0.1) is 17.1 Å². The Labute approximate surface area is 182 Å². The monoisotopic (exact) mass is 426 g/mol. The summed E-state index contributed by atoms with van der Waals surface area (Å²) in [4.78, 5) is 34.9. The Bertz CT molecular complexity index is 853. The van der Waals surface area contributed by atoms with Crippen molar-refractivity contribution in [3.05, 3.63) is 52.0 Å². The van der Waals surface area contributed by atoms with E-state index in [2.05, 4.69) is 15.2 Å². The van der Waals surface area contributed by atoms with E-state index < -0.39 is 0 Å². The number of hydrogen-bond acceptors (Lipinski definition) is 5. The van der Waals surface area contributed by atoms with Crippen LogP contribution in [0.3, 0.4) is 0 Å². The number of likely N-dealkylation sites (tertiary alicyclic amines) is 2. The van der Waals surface area contributed by atoms with Gasteiger partial charge < -0.3 is 15.1 Å². The Balaban J connectivity index is 1.20. The number of thiophene rings is 1. The summed E-state index contributed by atoms with van der Waals surface area (Å²) in [6.45, 7) is 6.08. The van der Waals surface area contributed by atoms with E-state index in [9.17, 15) is 9.59 Å². The molecule has 2 fully saturated rings. The van der Waals surface area contributed by atoms with Crippen LogP contribution in [-0.4, -0.2) is 58.8 Å². The number of aryl methyl sites for hydroxylation is 1. The van der Waals surface area contributed by atoms with E-state index in [4.69, 9.17) is 0 Å². The third kappa shape index (κ3) is 4.90. The zero-order valence-electron chi connectivity index (χ0n) is 17.5. The Morgan fingerprint density at radius 3 is 2.50 bits per heavy atom. The molecule has 2 saturated heterocycles. The molecule has 1 N–H and O–H groups in total. The van der Waals surface area contributed by atoms with E-state index in [1.54, 1.807) is 17.5 Å². The standard InChI is InChI=1S/C23H30N4O2S/c1-17-9-15-30-21(17)23(29)27-13-7-20(8-14-27)26-11-5-18(6-12-26)22(28)25-16-19-4-2-3-10-24-19/h2-4,9-10,15,18,20H,5-8,11-14,16H2,1H3,(H,25,28). The van der Waals surface area contributed by atoms with E-state index in [1.165, 1.54) is 0 Å². The lowest BCUT2D eigenvalue weighted by Crippen LogP contribution is -2.50. The van der Waals surface area contributed by atoms with Crippen LogP contribution in [0.2, 0.25) is 0 Å². The molecule has 0 atom stereocenters. The SMILES string of the molecule is Cc1ccsc1C(=O)N1CCC(N2CCC(C(=O)NCc3ccccn3)CC2)CC1. The number of amides is 2. The second kappa shape index (κ2) is 9.71. The van der Waals surface area contributed by atoms with Crippen molar-refractivity contribution >= 4 is 23.2 Å². The second-order valence-corrected chi connectivity index (χ2v) is 9.22. The molecule has 160 valence electrons. The van der Waals surface area contributed by atoms with Crippen molar-refractivity contribution < 1.29 is 9.59 Å². The number of aromatic nitrogens is 1. The summed E-state index contributed by atoms with van der Waals surface area (Å²) in [5, 5.41) is 5.03. The quantitative estimate of drug-likeness (QED) is 0.798. The van der Waals surface area contributed by atoms with Gasteiger partial charge in [-0.2, -0.15) is 0 Å². The lowest BCUT2D eigenvalue weighted by atomic mass is 9.92. The summed E-state index contributed by atoms with van der Waals surface area (Å²) in [6, 6.07) is 8.29. The molecule has 0 aromatic carbocycles. The number of carbonyl (C=O) groups excluding carboxylic acids is 2. The van der Waals surface area contributed by atoms with Crippen LogP contribution in [0.5, 0.6) is 0 Å². The first-order valence-corrected chi connectivity index (χ1v) is 11.7. The zero-order chi connectivity index (χ0) is 20.9. The van der Waals surface area contributed by atoms with E-state index >= 15 is 0 Å². The Morgan fingerprint density at radius 2 is 1.87 bits per heavy atom. The molecule has 0 spiro atoms. The number of nitrogens with one attached hydrogen (secondary N) is 1. The number of piperidine rings is 2. The van der Waals surface area contributed by atoms with E-state index in [-0.39, 0.29) is 17.7 Å². The topological polar surface area (TPSA) is 65.5 Å². The number of carbonyl (C=O) groups is 2. The van der Waals surface area contributed by atoms with Gasteiger partial charge in [-0.05, 0) is 74.8 Å². The molecule has 4 heterocycles. The Hall–Kier alpha value is -2.25. The summed E-state index contributed by atoms with van der Waals surface area (Å²) in [6.07, 6.45) is 5.60. The molecule has 6 nitrogen and oxygen atoms in total. The van der Waals surface area contributed by atoms with Gasteiger partial charge in [-0.25, -0.2) is 0 Å². The summed E-state index contributed by atoms with van der Waals surface area (Å²) in [5.41, 5.74) is 1.97. The molecule has 4 rings (SSSR count). The number of hydrogen-bond donors (Lipinski definition) is 1. The lowest BCUT2D eigenvalue weighted by molar-refractivity contribution is -0.126. The molecular formula is C23H30N4O2S. The average Bonchev–Trinajstić information content (AvgIpc) is 3.23. The zero-order valence-corrected chi connectivity index (χ0v) is 18.4. The fourth-order valence-corrected chi connectivity index (χ4v) is 5.41. The summed E-state index contributed by atoms with van der Waals surface area (Å²) >= 11 is 1.54. The third-order valence-electron chi connectivity index (χ3n) is 6.39. The lowest BCUT2D eigenvalue weighted by Gasteiger charge is -2.41. The van der Waals surface area contributed by atoms with Gasteiger partial charge in [-0.1, -0.05) is 6.07 Å². The van der Waals surface area contributed by atoms with E-state index in [0.717, 1.165) is 68.0 Å². The van der Waals surface area contributed by atoms with Gasteiger partial charge in [0.1, 0.15) is 0 Å². The molecule has 0 radical (unpaired) electrons. The van der Waals surface area contributed by atoms with Crippen molar-refractivity contribution in [1.29, 1.82) is 0 Å². The second-order valence-electron chi connectivity index (χ2n) is 8.31. The maximum atomic E-state index is 12.7. The fourth-order valence-electron chi connectivity index (χ4n) is 4.52. The molecule has 2 aromatic heterocycles. The van der Waals surface area contributed by atoms with E-state index in [1.807, 2.05) is 41.5 Å². The van der Waals surface area contributed by atoms with Gasteiger partial charge in [-0.15, -0.1) is 11.3 Å². The Kier molecular flexibility index (Phi) is 6.79. The molecule has 2 aliphatic heterocycles. The minimum Gasteiger partial charge on any atom is -0.350 e. The van der Waals surface area contributed by atoms with Crippen LogP contribution in [0.15, 0.2) is 35.8 Å². The first-order chi connectivity index (χ1) is 14.6. The van der Waals surface area contributed by atoms with Crippen LogP contribution in [-0.2, 0) is 11.3 Å². The van der Waals surface area contributed by atoms with Gasteiger partial charge in [-0.3, -0.25) is 14.6 Å². The molecule has 2 amide bonds. The van der Waals surface area contributed by atoms with Crippen molar-refractivity contribution in [1.82, 2.24) is 20.1 Å². The number of rotatable bonds is 5. The molecule has 0 bridgehead atoms. The maximum Gasteiger partial charge on any atom is 0.264 e. The maximum absolute atomic E-state index is 12.7. The normalized spacial score (nSPS) is 19.0. The first-order valence-electron chi connectivity index (χ1n) is 10.9. The predicted molar refractivity (Wildman–Crippen MR) is 118 cm³/mol. The van der Waals surface area contributed by atoms with Crippen LogP contribution in [0.25, 0.3) is 0 Å². The highest BCUT2D eigenvalue weighted by Crippen LogP contribution is 2.26. The smallest absolute Gasteiger partial charge is 0.264 e. The summed E-state index contributed by atoms with van der Waals surface area (Å²) in [5.74, 6) is 0.421. The molecule has 7 heteroatoms. The summed E-state index contributed by atoms with van der Waals surface area (Å²) < 4.78 is 0. The van der Waals surface area contributed by atoms with Crippen molar-refractivity contribution in [2.24, 2.45) is 5.92 Å². The first kappa shape index (κ1) is 21.0. The van der Waals surface area contributed by atoms with Gasteiger partial charge in [0.2, 0.25) is 5.91 Å². The summed E-state index contributed by atoms with van der Waals surface area (Å²) in [7, 11) is 0. The van der Waals surface area contributed by atoms with Crippen molar-refractivity contribution in [3.8, 4) is 0 Å². The molecule has 30 heavy (non-hydrogen) atoms. The molecule has 2 aliphatic rings. The van der Waals surface area contributed by atoms with Gasteiger partial charge in [0.15, 0.2) is 0 Å². The number of nitrogens with zero attached hydrogens (tertiary/aromatic N) is 3. The van der Waals surface area contributed by atoms with Crippen LogP contribution < -0.4 is 5.32 Å². The van der Waals surface area contributed by atoms with Crippen molar-refractivity contribution in [2.75, 3.05) is 26.2 Å². The largest absolute Gasteiger partial charge is 0.350 e. The van der Waals surface area contributed by atoms with E-state index in [0.29, 0.717) is 12.6 Å². The van der Waals surface area contributed by atoms with Crippen LogP contribution in [0.1, 0.15) is 46.6 Å². The highest BCUT2D eigenvalue weighted by Gasteiger charge is 2.32. The van der Waals surface area contributed by atoms with Gasteiger partial charge >= 0.3 is 0 Å². The van der Waals surface area contributed by atoms with Gasteiger partial charge in [0.25, 0.3) is 5.91 Å². The fraction of sp³-hybridized carbons (Fsp3) is 0.522. The molecule has 2 aromatic rings. The molecular weight excluding hydrogens is 396 g/mol. The third-order valence-corrected chi connectivity index (χ3v) is 7.40.